The van der Waals surface area contributed by atoms with Crippen molar-refractivity contribution in [2.24, 2.45) is 16.6 Å². The van der Waals surface area contributed by atoms with Crippen LogP contribution in [0.3, 0.4) is 0 Å². The first-order valence-electron chi connectivity index (χ1n) is 14.6. The van der Waals surface area contributed by atoms with Crippen LogP contribution in [0.2, 0.25) is 5.02 Å². The summed E-state index contributed by atoms with van der Waals surface area (Å²) < 4.78 is 16.6. The zero-order chi connectivity index (χ0) is 29.8. The summed E-state index contributed by atoms with van der Waals surface area (Å²) in [6.07, 6.45) is 10.8. The van der Waals surface area contributed by atoms with Gasteiger partial charge >= 0.3 is 5.69 Å². The molecule has 0 saturated heterocycles. The van der Waals surface area contributed by atoms with Crippen molar-refractivity contribution in [2.45, 2.75) is 65.0 Å². The third-order valence-electron chi connectivity index (χ3n) is 7.66. The summed E-state index contributed by atoms with van der Waals surface area (Å²) in [4.78, 5) is 24.7. The Balaban J connectivity index is 1.36. The molecule has 2 aromatic heterocycles. The summed E-state index contributed by atoms with van der Waals surface area (Å²) in [5.74, 6) is 0.714. The van der Waals surface area contributed by atoms with E-state index in [0.29, 0.717) is 46.3 Å². The minimum Gasteiger partial charge on any atom is -0.388 e. The molecule has 0 radical (unpaired) electrons. The van der Waals surface area contributed by atoms with Gasteiger partial charge in [0.2, 0.25) is 0 Å². The van der Waals surface area contributed by atoms with E-state index in [1.807, 2.05) is 36.4 Å². The van der Waals surface area contributed by atoms with Gasteiger partial charge in [0.05, 0.1) is 22.2 Å². The van der Waals surface area contributed by atoms with Gasteiger partial charge in [-0.05, 0) is 80.0 Å². The molecule has 5 rings (SSSR count). The van der Waals surface area contributed by atoms with Crippen LogP contribution in [0.25, 0.3) is 28.0 Å². The minimum atomic E-state index is -0.489. The lowest BCUT2D eigenvalue weighted by molar-refractivity contribution is 0.450. The standard InChI is InChI=1S/C33H38ClFN6O/c1-20(2)6-4-7-22-16-27(31(35)28(34)17-22)30-18-24-19-41(33(42)40-32(24)39-30)26-12-10-23(11-13-26)29-9-5-8-25(38-29)14-15-37-21(3)36/h5,8,10-13,16-20,25,29,38H,4,6-7,9,14-15H2,1-3H3,(H2,36,37)(H,39,40,42). The summed E-state index contributed by atoms with van der Waals surface area (Å²) >= 11 is 6.27. The van der Waals surface area contributed by atoms with E-state index in [1.54, 1.807) is 19.2 Å². The molecule has 0 spiro atoms. The molecule has 1 aliphatic rings. The van der Waals surface area contributed by atoms with Gasteiger partial charge in [0, 0.05) is 35.8 Å². The lowest BCUT2D eigenvalue weighted by atomic mass is 9.97. The number of nitrogens with zero attached hydrogens (tertiary/aromatic N) is 3. The largest absolute Gasteiger partial charge is 0.388 e. The Morgan fingerprint density at radius 2 is 2.02 bits per heavy atom. The van der Waals surface area contributed by atoms with Crippen molar-refractivity contribution in [3.05, 3.63) is 93.3 Å². The number of aromatic nitrogens is 3. The molecule has 4 N–H and O–H groups in total. The lowest BCUT2D eigenvalue weighted by Crippen LogP contribution is -2.34. The number of aryl methyl sites for hydroxylation is 1. The molecular formula is C33H38ClFN6O. The number of aliphatic imine (C=N–C) groups is 1. The first-order valence-corrected chi connectivity index (χ1v) is 15.0. The zero-order valence-electron chi connectivity index (χ0n) is 24.3. The molecule has 0 amide bonds. The number of hydrogen-bond acceptors (Lipinski definition) is 4. The van der Waals surface area contributed by atoms with Gasteiger partial charge in [-0.3, -0.25) is 9.56 Å². The molecule has 42 heavy (non-hydrogen) atoms. The highest BCUT2D eigenvalue weighted by Crippen LogP contribution is 2.31. The van der Waals surface area contributed by atoms with E-state index < -0.39 is 11.5 Å². The van der Waals surface area contributed by atoms with Crippen LogP contribution in [-0.4, -0.2) is 33.0 Å². The van der Waals surface area contributed by atoms with Gasteiger partial charge < -0.3 is 16.0 Å². The topological polar surface area (TPSA) is 101 Å². The Bertz CT molecular complexity index is 1670. The van der Waals surface area contributed by atoms with E-state index in [4.69, 9.17) is 17.3 Å². The highest BCUT2D eigenvalue weighted by Gasteiger charge is 2.19. The van der Waals surface area contributed by atoms with Crippen LogP contribution in [0.1, 0.15) is 63.6 Å². The molecule has 0 aliphatic carbocycles. The van der Waals surface area contributed by atoms with Crippen molar-refractivity contribution < 1.29 is 4.39 Å². The second-order valence-electron chi connectivity index (χ2n) is 11.5. The van der Waals surface area contributed by atoms with Crippen molar-refractivity contribution >= 4 is 28.5 Å². The number of nitrogens with one attached hydrogen (secondary N) is 2. The van der Waals surface area contributed by atoms with Crippen molar-refractivity contribution in [1.29, 1.82) is 0 Å². The number of fused-ring (bicyclic) bond motifs is 1. The summed E-state index contributed by atoms with van der Waals surface area (Å²) in [7, 11) is 0. The molecule has 2 aromatic carbocycles. The van der Waals surface area contributed by atoms with Crippen LogP contribution < -0.4 is 16.7 Å². The van der Waals surface area contributed by atoms with Crippen LogP contribution in [0.5, 0.6) is 0 Å². The SMILES string of the molecule is CC(N)=NCCC1C=CCC(c2ccc(-n3cc4cc(-c5cc(CCCC(C)C)cc(Cl)c5F)[nH]c4nc3=O)cc2)N1. The summed E-state index contributed by atoms with van der Waals surface area (Å²) in [6.45, 7) is 6.86. The number of halogens is 2. The molecule has 7 nitrogen and oxygen atoms in total. The second kappa shape index (κ2) is 13.0. The average molecular weight is 589 g/mol. The Morgan fingerprint density at radius 1 is 1.24 bits per heavy atom. The molecular weight excluding hydrogens is 551 g/mol. The van der Waals surface area contributed by atoms with Gasteiger partial charge in [0.25, 0.3) is 0 Å². The van der Waals surface area contributed by atoms with Crippen molar-refractivity contribution in [2.75, 3.05) is 6.54 Å². The minimum absolute atomic E-state index is 0.0896. The maximum atomic E-state index is 15.1. The fraction of sp³-hybridized carbons (Fsp3) is 0.364. The first-order chi connectivity index (χ1) is 20.2. The fourth-order valence-electron chi connectivity index (χ4n) is 5.44. The second-order valence-corrected chi connectivity index (χ2v) is 11.9. The van der Waals surface area contributed by atoms with Gasteiger partial charge in [-0.15, -0.1) is 0 Å². The van der Waals surface area contributed by atoms with Crippen molar-refractivity contribution in [3.8, 4) is 16.9 Å². The van der Waals surface area contributed by atoms with Gasteiger partial charge in [0.1, 0.15) is 5.65 Å². The van der Waals surface area contributed by atoms with Gasteiger partial charge in [-0.1, -0.05) is 56.2 Å². The van der Waals surface area contributed by atoms with E-state index in [9.17, 15) is 4.79 Å². The number of nitrogens with two attached hydrogens (primary N) is 1. The molecule has 4 aromatic rings. The van der Waals surface area contributed by atoms with E-state index in [1.165, 1.54) is 4.57 Å². The zero-order valence-corrected chi connectivity index (χ0v) is 25.1. The maximum absolute atomic E-state index is 15.1. The number of amidine groups is 1. The highest BCUT2D eigenvalue weighted by atomic mass is 35.5. The van der Waals surface area contributed by atoms with E-state index in [2.05, 4.69) is 46.3 Å². The van der Waals surface area contributed by atoms with Gasteiger partial charge in [0.15, 0.2) is 5.82 Å². The number of H-pyrrole nitrogens is 1. The molecule has 0 bridgehead atoms. The maximum Gasteiger partial charge on any atom is 0.354 e. The molecule has 0 saturated carbocycles. The quantitative estimate of drug-likeness (QED) is 0.107. The summed E-state index contributed by atoms with van der Waals surface area (Å²) in [5.41, 5.74) is 9.38. The Labute approximate surface area is 250 Å². The van der Waals surface area contributed by atoms with E-state index in [-0.39, 0.29) is 17.1 Å². The van der Waals surface area contributed by atoms with Crippen LogP contribution in [0.15, 0.2) is 70.6 Å². The number of aromatic amines is 1. The molecule has 0 fully saturated rings. The molecule has 1 aliphatic heterocycles. The monoisotopic (exact) mass is 588 g/mol. The number of benzene rings is 2. The molecule has 3 heterocycles. The molecule has 2 unspecified atom stereocenters. The third kappa shape index (κ3) is 6.99. The van der Waals surface area contributed by atoms with Crippen LogP contribution in [-0.2, 0) is 6.42 Å². The smallest absolute Gasteiger partial charge is 0.354 e. The highest BCUT2D eigenvalue weighted by molar-refractivity contribution is 6.31. The Hall–Kier alpha value is -3.75. The summed E-state index contributed by atoms with van der Waals surface area (Å²) in [6, 6.07) is 13.7. The van der Waals surface area contributed by atoms with Crippen molar-refractivity contribution in [3.63, 3.8) is 0 Å². The number of hydrogen-bond donors (Lipinski definition) is 3. The van der Waals surface area contributed by atoms with E-state index >= 15 is 4.39 Å². The normalized spacial score (nSPS) is 17.4. The van der Waals surface area contributed by atoms with Crippen LogP contribution in [0.4, 0.5) is 4.39 Å². The van der Waals surface area contributed by atoms with Crippen molar-refractivity contribution in [1.82, 2.24) is 19.9 Å². The van der Waals surface area contributed by atoms with E-state index in [0.717, 1.165) is 43.2 Å². The third-order valence-corrected chi connectivity index (χ3v) is 7.94. The molecule has 2 atom stereocenters. The first kappa shape index (κ1) is 29.7. The number of rotatable bonds is 10. The molecule has 220 valence electrons. The fourth-order valence-corrected chi connectivity index (χ4v) is 5.69. The summed E-state index contributed by atoms with van der Waals surface area (Å²) in [5, 5.41) is 4.45. The molecule has 9 heteroatoms. The Kier molecular flexibility index (Phi) is 9.24. The Morgan fingerprint density at radius 3 is 2.76 bits per heavy atom. The predicted octanol–water partition coefficient (Wildman–Crippen LogP) is 6.88. The van der Waals surface area contributed by atoms with Crippen LogP contribution >= 0.6 is 11.6 Å². The van der Waals surface area contributed by atoms with Gasteiger partial charge in [-0.25, -0.2) is 9.18 Å². The predicted molar refractivity (Wildman–Crippen MR) is 170 cm³/mol. The van der Waals surface area contributed by atoms with Crippen LogP contribution in [0, 0.1) is 11.7 Å². The van der Waals surface area contributed by atoms with Gasteiger partial charge in [-0.2, -0.15) is 4.98 Å². The lowest BCUT2D eigenvalue weighted by Gasteiger charge is -2.27. The average Bonchev–Trinajstić information content (AvgIpc) is 3.37.